The lowest BCUT2D eigenvalue weighted by molar-refractivity contribution is 0.0957. The summed E-state index contributed by atoms with van der Waals surface area (Å²) in [4.78, 5) is 23.0. The Morgan fingerprint density at radius 3 is 2.63 bits per heavy atom. The van der Waals surface area contributed by atoms with Crippen molar-refractivity contribution in [3.05, 3.63) is 45.4 Å². The number of thiazole rings is 1. The van der Waals surface area contributed by atoms with E-state index in [1.165, 1.54) is 11.3 Å². The first-order valence-corrected chi connectivity index (χ1v) is 9.75. The number of hydrogen-bond acceptors (Lipinski definition) is 5. The molecule has 0 aliphatic heterocycles. The van der Waals surface area contributed by atoms with E-state index in [1.54, 1.807) is 24.7 Å². The summed E-state index contributed by atoms with van der Waals surface area (Å²) in [6, 6.07) is 7.26. The molecule has 0 saturated carbocycles. The van der Waals surface area contributed by atoms with Gasteiger partial charge >= 0.3 is 0 Å². The zero-order chi connectivity index (χ0) is 19.6. The van der Waals surface area contributed by atoms with Crippen LogP contribution in [0.5, 0.6) is 5.75 Å². The van der Waals surface area contributed by atoms with Crippen LogP contribution in [0, 0.1) is 6.92 Å². The molecule has 1 aromatic heterocycles. The summed E-state index contributed by atoms with van der Waals surface area (Å²) in [5, 5.41) is 6.77. The van der Waals surface area contributed by atoms with Crippen molar-refractivity contribution in [1.29, 1.82) is 0 Å². The summed E-state index contributed by atoms with van der Waals surface area (Å²) in [5.41, 5.74) is 2.42. The Morgan fingerprint density at radius 1 is 1.30 bits per heavy atom. The van der Waals surface area contributed by atoms with Gasteiger partial charge in [0.2, 0.25) is 0 Å². The molecule has 0 unspecified atom stereocenters. The van der Waals surface area contributed by atoms with Gasteiger partial charge in [0.25, 0.3) is 5.91 Å². The maximum atomic E-state index is 12.0. The Morgan fingerprint density at radius 2 is 2.00 bits per heavy atom. The average Bonchev–Trinajstić information content (AvgIpc) is 3.09. The van der Waals surface area contributed by atoms with Crippen molar-refractivity contribution in [2.24, 2.45) is 4.99 Å². The molecule has 0 atom stereocenters. The Labute approximate surface area is 168 Å². The monoisotopic (exact) mass is 409 g/mol. The number of carbonyl (C=O) groups is 1. The highest BCUT2D eigenvalue weighted by molar-refractivity contribution is 7.11. The Balaban J connectivity index is 1.67. The third kappa shape index (κ3) is 6.73. The second kappa shape index (κ2) is 10.7. The zero-order valence-electron chi connectivity index (χ0n) is 15.7. The molecule has 9 heteroatoms. The molecule has 0 spiro atoms. The normalized spacial score (nSPS) is 11.2. The van der Waals surface area contributed by atoms with E-state index in [9.17, 15) is 4.79 Å². The van der Waals surface area contributed by atoms with Gasteiger partial charge in [0.15, 0.2) is 5.96 Å². The summed E-state index contributed by atoms with van der Waals surface area (Å²) in [6.45, 7) is 4.06. The fraction of sp³-hybridized carbons (Fsp3) is 0.389. The number of halogens is 1. The van der Waals surface area contributed by atoms with Crippen molar-refractivity contribution in [2.75, 3.05) is 40.3 Å². The summed E-state index contributed by atoms with van der Waals surface area (Å²) in [7, 11) is 3.65. The van der Waals surface area contributed by atoms with Gasteiger partial charge in [-0.2, -0.15) is 0 Å². The van der Waals surface area contributed by atoms with Gasteiger partial charge in [0.1, 0.15) is 17.2 Å². The second-order valence-electron chi connectivity index (χ2n) is 5.72. The molecule has 0 saturated heterocycles. The maximum absolute atomic E-state index is 12.0. The average molecular weight is 410 g/mol. The van der Waals surface area contributed by atoms with Crippen LogP contribution in [0.25, 0.3) is 0 Å². The number of aryl methyl sites for hydroxylation is 1. The topological polar surface area (TPSA) is 78.8 Å². The van der Waals surface area contributed by atoms with Crippen LogP contribution >= 0.6 is 22.9 Å². The number of ether oxygens (including phenoxy) is 1. The molecule has 2 N–H and O–H groups in total. The fourth-order valence-electron chi connectivity index (χ4n) is 2.27. The van der Waals surface area contributed by atoms with Crippen molar-refractivity contribution in [3.8, 4) is 5.75 Å². The van der Waals surface area contributed by atoms with E-state index in [4.69, 9.17) is 16.3 Å². The molecule has 2 rings (SSSR count). The lowest BCUT2D eigenvalue weighted by atomic mass is 10.3. The Bertz CT molecular complexity index is 763. The number of aromatic nitrogens is 1. The molecular formula is C18H24ClN5O2S. The maximum Gasteiger partial charge on any atom is 0.263 e. The molecule has 27 heavy (non-hydrogen) atoms. The first-order chi connectivity index (χ1) is 13.0. The molecule has 146 valence electrons. The van der Waals surface area contributed by atoms with Gasteiger partial charge in [-0.3, -0.25) is 9.79 Å². The minimum Gasteiger partial charge on any atom is -0.492 e. The molecule has 7 nitrogen and oxygen atoms in total. The number of amides is 1. The van der Waals surface area contributed by atoms with Crippen molar-refractivity contribution >= 4 is 34.8 Å². The third-order valence-corrected chi connectivity index (χ3v) is 4.91. The summed E-state index contributed by atoms with van der Waals surface area (Å²) in [5.74, 6) is 1.41. The molecular weight excluding hydrogens is 386 g/mol. The number of carbonyl (C=O) groups excluding carboxylic acids is 1. The minimum absolute atomic E-state index is 0.100. The Hall–Kier alpha value is -2.32. The summed E-state index contributed by atoms with van der Waals surface area (Å²) in [6.07, 6.45) is 0. The molecule has 0 fully saturated rings. The van der Waals surface area contributed by atoms with E-state index in [0.717, 1.165) is 17.4 Å². The van der Waals surface area contributed by atoms with Gasteiger partial charge in [-0.15, -0.1) is 11.3 Å². The largest absolute Gasteiger partial charge is 0.492 e. The van der Waals surface area contributed by atoms with Gasteiger partial charge in [-0.05, 0) is 31.2 Å². The highest BCUT2D eigenvalue weighted by Crippen LogP contribution is 2.15. The van der Waals surface area contributed by atoms with Crippen molar-refractivity contribution in [3.63, 3.8) is 0 Å². The third-order valence-electron chi connectivity index (χ3n) is 3.73. The van der Waals surface area contributed by atoms with Crippen LogP contribution in [0.3, 0.4) is 0 Å². The van der Waals surface area contributed by atoms with Crippen LogP contribution < -0.4 is 15.4 Å². The Kier molecular flexibility index (Phi) is 8.35. The van der Waals surface area contributed by atoms with Crippen LogP contribution in [-0.4, -0.2) is 62.1 Å². The number of aliphatic imine (C=N–C) groups is 1. The predicted octanol–water partition coefficient (Wildman–Crippen LogP) is 2.42. The predicted molar refractivity (Wildman–Crippen MR) is 110 cm³/mol. The number of hydrogen-bond donors (Lipinski definition) is 2. The van der Waals surface area contributed by atoms with E-state index in [0.29, 0.717) is 36.1 Å². The molecule has 2 aromatic rings. The quantitative estimate of drug-likeness (QED) is 0.397. The number of nitrogens with zero attached hydrogens (tertiary/aromatic N) is 3. The van der Waals surface area contributed by atoms with Crippen LogP contribution in [0.4, 0.5) is 0 Å². The number of rotatable bonds is 8. The van der Waals surface area contributed by atoms with Crippen molar-refractivity contribution in [1.82, 2.24) is 20.5 Å². The molecule has 0 bridgehead atoms. The number of guanidine groups is 1. The van der Waals surface area contributed by atoms with Gasteiger partial charge < -0.3 is 20.3 Å². The van der Waals surface area contributed by atoms with E-state index in [1.807, 2.05) is 31.0 Å². The zero-order valence-corrected chi connectivity index (χ0v) is 17.2. The molecule has 1 heterocycles. The molecule has 0 aliphatic carbocycles. The van der Waals surface area contributed by atoms with Crippen molar-refractivity contribution < 1.29 is 9.53 Å². The molecule has 0 aliphatic rings. The highest BCUT2D eigenvalue weighted by atomic mass is 35.5. The van der Waals surface area contributed by atoms with Gasteiger partial charge in [-0.25, -0.2) is 4.98 Å². The first kappa shape index (κ1) is 21.0. The van der Waals surface area contributed by atoms with Crippen LogP contribution in [0.15, 0.2) is 34.8 Å². The fourth-order valence-corrected chi connectivity index (χ4v) is 3.12. The summed E-state index contributed by atoms with van der Waals surface area (Å²) >= 11 is 7.20. The number of nitrogens with one attached hydrogen (secondary N) is 2. The van der Waals surface area contributed by atoms with E-state index < -0.39 is 0 Å². The lowest BCUT2D eigenvalue weighted by Crippen LogP contribution is -2.43. The lowest BCUT2D eigenvalue weighted by Gasteiger charge is -2.22. The second-order valence-corrected chi connectivity index (χ2v) is 7.01. The minimum atomic E-state index is -0.100. The van der Waals surface area contributed by atoms with Gasteiger partial charge in [-0.1, -0.05) is 11.6 Å². The smallest absolute Gasteiger partial charge is 0.263 e. The number of benzene rings is 1. The van der Waals surface area contributed by atoms with Gasteiger partial charge in [0.05, 0.1) is 17.7 Å². The van der Waals surface area contributed by atoms with E-state index >= 15 is 0 Å². The van der Waals surface area contributed by atoms with E-state index in [2.05, 4.69) is 20.6 Å². The van der Waals surface area contributed by atoms with Crippen LogP contribution in [0.2, 0.25) is 5.02 Å². The molecule has 0 radical (unpaired) electrons. The molecule has 1 amide bonds. The first-order valence-electron chi connectivity index (χ1n) is 8.49. The highest BCUT2D eigenvalue weighted by Gasteiger charge is 2.11. The van der Waals surface area contributed by atoms with E-state index in [-0.39, 0.29) is 5.91 Å². The van der Waals surface area contributed by atoms with Crippen LogP contribution in [0.1, 0.15) is 15.4 Å². The van der Waals surface area contributed by atoms with Crippen LogP contribution in [-0.2, 0) is 0 Å². The number of likely N-dealkylation sites (N-methyl/N-ethyl adjacent to an activating group) is 1. The summed E-state index contributed by atoms with van der Waals surface area (Å²) < 4.78 is 5.69. The van der Waals surface area contributed by atoms with Gasteiger partial charge in [0, 0.05) is 32.2 Å². The van der Waals surface area contributed by atoms with Crippen molar-refractivity contribution in [2.45, 2.75) is 6.92 Å². The molecule has 1 aromatic carbocycles. The SMILES string of the molecule is CN=C(NCCNC(=O)c1scnc1C)N(C)CCOc1ccc(Cl)cc1. The standard InChI is InChI=1S/C18H24ClN5O2S/c1-13-16(27-12-23-13)17(25)21-8-9-22-18(20-2)24(3)10-11-26-15-6-4-14(19)5-7-15/h4-7,12H,8-11H2,1-3H3,(H,20,22)(H,21,25).